The molecule has 1 aliphatic rings. The summed E-state index contributed by atoms with van der Waals surface area (Å²) in [7, 11) is 0. The van der Waals surface area contributed by atoms with E-state index in [9.17, 15) is 0 Å². The molecule has 1 aromatic heterocycles. The Morgan fingerprint density at radius 3 is 1.58 bits per heavy atom. The summed E-state index contributed by atoms with van der Waals surface area (Å²) >= 11 is 1.92. The van der Waals surface area contributed by atoms with Crippen LogP contribution < -0.4 is 4.90 Å². The predicted octanol–water partition coefficient (Wildman–Crippen LogP) is 15.2. The Balaban J connectivity index is 1.10. The molecule has 1 aliphatic carbocycles. The van der Waals surface area contributed by atoms with Crippen LogP contribution >= 0.6 is 11.3 Å². The molecule has 57 heavy (non-hydrogen) atoms. The fraction of sp³-hybridized carbons (Fsp3) is 0.0182. The molecule has 2 heteroatoms. The summed E-state index contributed by atoms with van der Waals surface area (Å²) < 4.78 is 2.62. The van der Waals surface area contributed by atoms with E-state index in [1.54, 1.807) is 0 Å². The van der Waals surface area contributed by atoms with Crippen LogP contribution in [0.15, 0.2) is 224 Å². The van der Waals surface area contributed by atoms with Gasteiger partial charge in [0.05, 0.1) is 5.41 Å². The number of thiophene rings is 1. The van der Waals surface area contributed by atoms with Crippen molar-refractivity contribution in [3.05, 3.63) is 247 Å². The van der Waals surface area contributed by atoms with Gasteiger partial charge in [-0.2, -0.15) is 0 Å². The highest BCUT2D eigenvalue weighted by molar-refractivity contribution is 7.26. The zero-order chi connectivity index (χ0) is 37.8. The first-order valence-electron chi connectivity index (χ1n) is 19.6. The zero-order valence-electron chi connectivity index (χ0n) is 31.2. The van der Waals surface area contributed by atoms with Crippen LogP contribution in [0.1, 0.15) is 22.3 Å². The van der Waals surface area contributed by atoms with Gasteiger partial charge in [0.1, 0.15) is 0 Å². The molecule has 0 amide bonds. The molecule has 0 unspecified atom stereocenters. The first-order chi connectivity index (χ1) is 28.3. The van der Waals surface area contributed by atoms with Gasteiger partial charge in [0.2, 0.25) is 0 Å². The van der Waals surface area contributed by atoms with Crippen molar-refractivity contribution >= 4 is 48.6 Å². The minimum atomic E-state index is -0.457. The first kappa shape index (κ1) is 33.3. The van der Waals surface area contributed by atoms with Gasteiger partial charge in [-0.15, -0.1) is 11.3 Å². The summed E-state index contributed by atoms with van der Waals surface area (Å²) in [5.41, 5.74) is 15.7. The molecule has 0 saturated heterocycles. The van der Waals surface area contributed by atoms with Crippen molar-refractivity contribution in [1.82, 2.24) is 0 Å². The third kappa shape index (κ3) is 5.29. The van der Waals surface area contributed by atoms with Crippen molar-refractivity contribution in [1.29, 1.82) is 0 Å². The summed E-state index contributed by atoms with van der Waals surface area (Å²) in [6.45, 7) is 0. The Hall–Kier alpha value is -7.00. The first-order valence-corrected chi connectivity index (χ1v) is 20.4. The fourth-order valence-corrected chi connectivity index (χ4v) is 10.6. The molecule has 0 aliphatic heterocycles. The van der Waals surface area contributed by atoms with Gasteiger partial charge < -0.3 is 4.90 Å². The number of para-hydroxylation sites is 1. The van der Waals surface area contributed by atoms with Gasteiger partial charge in [-0.1, -0.05) is 182 Å². The third-order valence-electron chi connectivity index (χ3n) is 11.7. The lowest BCUT2D eigenvalue weighted by molar-refractivity contribution is 0.778. The van der Waals surface area contributed by atoms with Crippen molar-refractivity contribution < 1.29 is 0 Å². The fourth-order valence-electron chi connectivity index (χ4n) is 9.33. The lowest BCUT2D eigenvalue weighted by Crippen LogP contribution is -2.28. The molecule has 0 atom stereocenters. The standard InChI is InChI=1S/C55H37NS/c1-4-17-38(18-5-1)39-33-35-43(36-34-39)56(42-22-8-3-9-23-42)44-24-14-19-40(37-44)45-27-16-32-52-53(45)48-28-15-31-51(54(48)57-52)55(41-20-6-2-7-21-41)49-29-12-10-25-46(49)47-26-11-13-30-50(47)55/h1-37H. The maximum Gasteiger partial charge on any atom is 0.0727 e. The van der Waals surface area contributed by atoms with Gasteiger partial charge in [0.25, 0.3) is 0 Å². The number of benzene rings is 9. The van der Waals surface area contributed by atoms with Crippen LogP contribution in [0.4, 0.5) is 17.1 Å². The predicted molar refractivity (Wildman–Crippen MR) is 242 cm³/mol. The van der Waals surface area contributed by atoms with E-state index in [1.165, 1.54) is 75.8 Å². The second-order valence-corrected chi connectivity index (χ2v) is 15.9. The van der Waals surface area contributed by atoms with Crippen molar-refractivity contribution in [2.45, 2.75) is 5.41 Å². The van der Waals surface area contributed by atoms with E-state index in [0.717, 1.165) is 17.1 Å². The van der Waals surface area contributed by atoms with E-state index in [1.807, 2.05) is 11.3 Å². The Morgan fingerprint density at radius 2 is 0.860 bits per heavy atom. The molecule has 0 bridgehead atoms. The molecule has 0 N–H and O–H groups in total. The summed E-state index contributed by atoms with van der Waals surface area (Å²) in [5, 5.41) is 2.60. The molecule has 0 fully saturated rings. The van der Waals surface area contributed by atoms with Gasteiger partial charge in [-0.3, -0.25) is 0 Å². The number of fused-ring (bicyclic) bond motifs is 6. The number of anilines is 3. The van der Waals surface area contributed by atoms with Gasteiger partial charge >= 0.3 is 0 Å². The Bertz CT molecular complexity index is 3010. The number of hydrogen-bond acceptors (Lipinski definition) is 2. The van der Waals surface area contributed by atoms with Crippen molar-refractivity contribution in [2.75, 3.05) is 4.90 Å². The molecule has 10 aromatic rings. The molecule has 1 nitrogen and oxygen atoms in total. The maximum atomic E-state index is 2.38. The monoisotopic (exact) mass is 743 g/mol. The zero-order valence-corrected chi connectivity index (χ0v) is 32.0. The van der Waals surface area contributed by atoms with Gasteiger partial charge in [-0.25, -0.2) is 0 Å². The number of hydrogen-bond donors (Lipinski definition) is 0. The minimum absolute atomic E-state index is 0.457. The maximum absolute atomic E-state index is 2.38. The van der Waals surface area contributed by atoms with E-state index in [4.69, 9.17) is 0 Å². The summed E-state index contributed by atoms with van der Waals surface area (Å²) in [6.07, 6.45) is 0. The molecular weight excluding hydrogens is 707 g/mol. The molecule has 1 heterocycles. The van der Waals surface area contributed by atoms with Gasteiger partial charge in [0, 0.05) is 37.2 Å². The van der Waals surface area contributed by atoms with Crippen LogP contribution in [0.25, 0.3) is 53.6 Å². The Morgan fingerprint density at radius 1 is 0.351 bits per heavy atom. The largest absolute Gasteiger partial charge is 0.310 e. The normalized spacial score (nSPS) is 12.7. The lowest BCUT2D eigenvalue weighted by atomic mass is 9.67. The highest BCUT2D eigenvalue weighted by atomic mass is 32.1. The van der Waals surface area contributed by atoms with E-state index >= 15 is 0 Å². The van der Waals surface area contributed by atoms with Crippen molar-refractivity contribution in [2.24, 2.45) is 0 Å². The van der Waals surface area contributed by atoms with Crippen LogP contribution in [0.2, 0.25) is 0 Å². The summed E-state index contributed by atoms with van der Waals surface area (Å²) in [5.74, 6) is 0. The average molecular weight is 744 g/mol. The second-order valence-electron chi connectivity index (χ2n) is 14.8. The lowest BCUT2D eigenvalue weighted by Gasteiger charge is -2.34. The highest BCUT2D eigenvalue weighted by Gasteiger charge is 2.47. The van der Waals surface area contributed by atoms with Crippen LogP contribution in [0.5, 0.6) is 0 Å². The smallest absolute Gasteiger partial charge is 0.0727 e. The Kier molecular flexibility index (Phi) is 7.98. The Labute approximate surface area is 337 Å². The molecule has 0 spiro atoms. The molecule has 11 rings (SSSR count). The number of rotatable bonds is 7. The van der Waals surface area contributed by atoms with Crippen LogP contribution in [0.3, 0.4) is 0 Å². The summed E-state index contributed by atoms with van der Waals surface area (Å²) in [4.78, 5) is 2.36. The third-order valence-corrected chi connectivity index (χ3v) is 13.0. The van der Waals surface area contributed by atoms with E-state index in [-0.39, 0.29) is 0 Å². The molecule has 268 valence electrons. The SMILES string of the molecule is c1ccc(-c2ccc(N(c3ccccc3)c3cccc(-c4cccc5sc6c(C7(c8ccccc8)c8ccccc8-c8ccccc87)cccc6c45)c3)cc2)cc1. The molecular formula is C55H37NS. The van der Waals surface area contributed by atoms with Crippen LogP contribution in [-0.2, 0) is 5.41 Å². The van der Waals surface area contributed by atoms with E-state index in [0.29, 0.717) is 0 Å². The van der Waals surface area contributed by atoms with Crippen molar-refractivity contribution in [3.63, 3.8) is 0 Å². The second kappa shape index (κ2) is 13.6. The molecule has 9 aromatic carbocycles. The van der Waals surface area contributed by atoms with Crippen LogP contribution in [0, 0.1) is 0 Å². The quantitative estimate of drug-likeness (QED) is 0.157. The molecule has 0 radical (unpaired) electrons. The van der Waals surface area contributed by atoms with Gasteiger partial charge in [0.15, 0.2) is 0 Å². The van der Waals surface area contributed by atoms with E-state index in [2.05, 4.69) is 229 Å². The van der Waals surface area contributed by atoms with Gasteiger partial charge in [-0.05, 0) is 98.1 Å². The van der Waals surface area contributed by atoms with Crippen molar-refractivity contribution in [3.8, 4) is 33.4 Å². The minimum Gasteiger partial charge on any atom is -0.310 e. The topological polar surface area (TPSA) is 3.24 Å². The highest BCUT2D eigenvalue weighted by Crippen LogP contribution is 2.58. The number of nitrogens with zero attached hydrogens (tertiary/aromatic N) is 1. The average Bonchev–Trinajstić information content (AvgIpc) is 3.82. The van der Waals surface area contributed by atoms with E-state index < -0.39 is 5.41 Å². The van der Waals surface area contributed by atoms with Crippen LogP contribution in [-0.4, -0.2) is 0 Å². The summed E-state index contributed by atoms with van der Waals surface area (Å²) in [6, 6.07) is 82.2. The molecule has 0 saturated carbocycles.